The third kappa shape index (κ3) is 31.4. The van der Waals surface area contributed by atoms with Crippen LogP contribution < -0.4 is 28.7 Å². The topological polar surface area (TPSA) is 287 Å². The maximum Gasteiger partial charge on any atom is 0.420 e. The summed E-state index contributed by atoms with van der Waals surface area (Å²) in [5.41, 5.74) is 24.5. The van der Waals surface area contributed by atoms with Gasteiger partial charge in [-0.2, -0.15) is 4.90 Å². The van der Waals surface area contributed by atoms with Gasteiger partial charge in [0.25, 0.3) is 0 Å². The fourth-order valence-corrected chi connectivity index (χ4v) is 4.90. The van der Waals surface area contributed by atoms with Crippen molar-refractivity contribution in [1.82, 2.24) is 4.90 Å². The first kappa shape index (κ1) is 51.0. The van der Waals surface area contributed by atoms with Crippen molar-refractivity contribution >= 4 is 51.7 Å². The number of esters is 1. The van der Waals surface area contributed by atoms with E-state index < -0.39 is 65.0 Å². The molecule has 0 saturated heterocycles. The number of carbonyl (C=O) groups excluding carboxylic acids is 3. The Morgan fingerprint density at radius 2 is 1.00 bits per heavy atom. The second-order valence-corrected chi connectivity index (χ2v) is 16.4. The average Bonchev–Trinajstić information content (AvgIpc) is 2.92. The van der Waals surface area contributed by atoms with Gasteiger partial charge in [0, 0.05) is 24.6 Å². The van der Waals surface area contributed by atoms with Crippen LogP contribution in [0.4, 0.5) is 9.59 Å². The molecule has 0 aliphatic carbocycles. The van der Waals surface area contributed by atoms with Crippen LogP contribution in [0.15, 0.2) is 0 Å². The van der Waals surface area contributed by atoms with E-state index >= 15 is 0 Å². The Kier molecular flexibility index (Phi) is 27.5. The summed E-state index contributed by atoms with van der Waals surface area (Å²) in [7, 11) is 3.58. The highest BCUT2D eigenvalue weighted by Crippen LogP contribution is 2.20. The van der Waals surface area contributed by atoms with Gasteiger partial charge in [0.15, 0.2) is 0 Å². The smallest absolute Gasteiger partial charge is 0.420 e. The number of carboxylic acids is 2. The minimum Gasteiger partial charge on any atom is -0.480 e. The number of ether oxygens (including phenoxy) is 3. The van der Waals surface area contributed by atoms with E-state index in [-0.39, 0.29) is 6.42 Å². The van der Waals surface area contributed by atoms with Crippen LogP contribution in [0.5, 0.6) is 0 Å². The molecule has 0 aliphatic rings. The third-order valence-electron chi connectivity index (χ3n) is 5.25. The van der Waals surface area contributed by atoms with Crippen LogP contribution in [0, 0.1) is 0 Å². The van der Waals surface area contributed by atoms with Crippen molar-refractivity contribution in [2.75, 3.05) is 31.1 Å². The molecule has 3 atom stereocenters. The van der Waals surface area contributed by atoms with Gasteiger partial charge in [-0.15, -0.1) is 0 Å². The number of rotatable bonds is 17. The molecule has 0 radical (unpaired) electrons. The summed E-state index contributed by atoms with van der Waals surface area (Å²) in [5, 5.41) is 18.0. The van der Waals surface area contributed by atoms with Crippen molar-refractivity contribution in [2.45, 2.75) is 136 Å². The van der Waals surface area contributed by atoms with Crippen LogP contribution in [0.1, 0.15) is 101 Å². The summed E-state index contributed by atoms with van der Waals surface area (Å²) in [4.78, 5) is 58.8. The van der Waals surface area contributed by atoms with Crippen LogP contribution >= 0.6 is 21.6 Å². The van der Waals surface area contributed by atoms with Crippen molar-refractivity contribution in [1.29, 1.82) is 0 Å². The fraction of sp³-hybridized carbons (Fsp3) is 0.839. The standard InChI is InChI=1S/C16H30N2O6.C11H22N2O4.C4H12N2S2/c1-15(2,3)23-13(21)18(14(22)24-16(4,5)6)11(12(19)20)9-7-8-10-17;1-11(2,3)17-10(16)8(13)6-4-5-7(12)9(14)15;5-1-3-7-8-4-2-6/h11H,7-10,17H2,1-6H3,(H,19,20);7-8H,4-6,12-13H2,1-3H3,(H,14,15);1-6H2/t11-;7-,8?;/m00./s1. The quantitative estimate of drug-likeness (QED) is 0.0487. The fourth-order valence-electron chi connectivity index (χ4n) is 3.19. The van der Waals surface area contributed by atoms with Gasteiger partial charge in [-0.1, -0.05) is 21.6 Å². The van der Waals surface area contributed by atoms with Gasteiger partial charge < -0.3 is 53.1 Å². The molecule has 49 heavy (non-hydrogen) atoms. The predicted octanol–water partition coefficient (Wildman–Crippen LogP) is 3.26. The molecule has 0 rings (SSSR count). The Bertz CT molecular complexity index is 938. The number of hydrogen-bond donors (Lipinski definition) is 7. The monoisotopic (exact) mass is 744 g/mol. The zero-order valence-electron chi connectivity index (χ0n) is 30.8. The highest BCUT2D eigenvalue weighted by Gasteiger charge is 2.40. The van der Waals surface area contributed by atoms with Gasteiger partial charge in [-0.25, -0.2) is 14.4 Å². The maximum atomic E-state index is 12.4. The number of carboxylic acid groups (broad SMARTS) is 2. The number of aliphatic carboxylic acids is 2. The molecule has 16 nitrogen and oxygen atoms in total. The Labute approximate surface area is 300 Å². The molecule has 0 fully saturated rings. The Morgan fingerprint density at radius 1 is 0.592 bits per heavy atom. The van der Waals surface area contributed by atoms with E-state index in [4.69, 9.17) is 48.0 Å². The molecule has 0 bridgehead atoms. The molecule has 2 amide bonds. The molecule has 0 spiro atoms. The van der Waals surface area contributed by atoms with Gasteiger partial charge in [0.2, 0.25) is 0 Å². The number of imide groups is 1. The second-order valence-electron chi connectivity index (χ2n) is 13.7. The lowest BCUT2D eigenvalue weighted by Gasteiger charge is -2.31. The van der Waals surface area contributed by atoms with Crippen molar-refractivity contribution in [3.8, 4) is 0 Å². The van der Waals surface area contributed by atoms with Gasteiger partial charge in [0.1, 0.15) is 34.9 Å². The van der Waals surface area contributed by atoms with E-state index in [2.05, 4.69) is 0 Å². The van der Waals surface area contributed by atoms with Crippen LogP contribution in [-0.4, -0.2) is 111 Å². The lowest BCUT2D eigenvalue weighted by molar-refractivity contribution is -0.156. The Hall–Kier alpha value is -2.35. The molecule has 0 aromatic heterocycles. The average molecular weight is 745 g/mol. The molecule has 18 heteroatoms. The van der Waals surface area contributed by atoms with Crippen molar-refractivity contribution in [3.63, 3.8) is 0 Å². The molecule has 0 saturated carbocycles. The van der Waals surface area contributed by atoms with Gasteiger partial charge in [0.05, 0.1) is 0 Å². The van der Waals surface area contributed by atoms with Crippen molar-refractivity contribution < 1.29 is 48.4 Å². The van der Waals surface area contributed by atoms with E-state index in [9.17, 15) is 29.1 Å². The summed E-state index contributed by atoms with van der Waals surface area (Å²) >= 11 is 0. The number of amides is 2. The molecule has 1 unspecified atom stereocenters. The molecule has 290 valence electrons. The third-order valence-corrected chi connectivity index (χ3v) is 7.72. The van der Waals surface area contributed by atoms with E-state index in [0.29, 0.717) is 43.5 Å². The molecular formula is C31H64N6O10S2. The number of hydrogen-bond acceptors (Lipinski definition) is 15. The minimum atomic E-state index is -1.37. The first-order chi connectivity index (χ1) is 22.3. The number of nitrogens with two attached hydrogens (primary N) is 5. The summed E-state index contributed by atoms with van der Waals surface area (Å²) < 4.78 is 15.4. The second kappa shape index (κ2) is 26.5. The zero-order valence-corrected chi connectivity index (χ0v) is 32.5. The lowest BCUT2D eigenvalue weighted by atomic mass is 10.1. The summed E-state index contributed by atoms with van der Waals surface area (Å²) in [6.07, 6.45) is 0.171. The van der Waals surface area contributed by atoms with E-state index in [1.807, 2.05) is 0 Å². The summed E-state index contributed by atoms with van der Waals surface area (Å²) in [6, 6.07) is -3.00. The predicted molar refractivity (Wildman–Crippen MR) is 195 cm³/mol. The van der Waals surface area contributed by atoms with Crippen LogP contribution in [-0.2, 0) is 28.6 Å². The van der Waals surface area contributed by atoms with Crippen LogP contribution in [0.25, 0.3) is 0 Å². The minimum absolute atomic E-state index is 0.0744. The van der Waals surface area contributed by atoms with E-state index in [0.717, 1.165) is 24.6 Å². The molecule has 0 heterocycles. The highest BCUT2D eigenvalue weighted by atomic mass is 33.1. The normalized spacial score (nSPS) is 13.3. The summed E-state index contributed by atoms with van der Waals surface area (Å²) in [5.74, 6) is -0.754. The van der Waals surface area contributed by atoms with Crippen LogP contribution in [0.2, 0.25) is 0 Å². The summed E-state index contributed by atoms with van der Waals surface area (Å²) in [6.45, 7) is 17.0. The number of nitrogens with zero attached hydrogens (tertiary/aromatic N) is 1. The van der Waals surface area contributed by atoms with Gasteiger partial charge in [-0.3, -0.25) is 9.59 Å². The number of unbranched alkanes of at least 4 members (excludes halogenated alkanes) is 1. The van der Waals surface area contributed by atoms with Gasteiger partial charge >= 0.3 is 30.1 Å². The maximum absolute atomic E-state index is 12.4. The number of carbonyl (C=O) groups is 5. The van der Waals surface area contributed by atoms with Crippen molar-refractivity contribution in [2.24, 2.45) is 28.7 Å². The lowest BCUT2D eigenvalue weighted by Crippen LogP contribution is -2.52. The zero-order chi connectivity index (χ0) is 39.0. The molecule has 0 aromatic rings. The highest BCUT2D eigenvalue weighted by molar-refractivity contribution is 8.76. The molecule has 0 aromatic carbocycles. The molecule has 12 N–H and O–H groups in total. The molecule has 0 aliphatic heterocycles. The van der Waals surface area contributed by atoms with Crippen molar-refractivity contribution in [3.05, 3.63) is 0 Å². The SMILES string of the molecule is CC(C)(C)OC(=O)C(N)CCC[C@H](N)C(=O)O.CC(C)(C)OC(=O)N(C(=O)OC(C)(C)C)[C@@H](CCCCN)C(=O)O.NCCSSCCN. The first-order valence-corrected chi connectivity index (χ1v) is 18.6. The largest absolute Gasteiger partial charge is 0.480 e. The van der Waals surface area contributed by atoms with E-state index in [1.165, 1.54) is 0 Å². The van der Waals surface area contributed by atoms with E-state index in [1.54, 1.807) is 83.9 Å². The first-order valence-electron chi connectivity index (χ1n) is 16.1. The van der Waals surface area contributed by atoms with Crippen LogP contribution in [0.3, 0.4) is 0 Å². The van der Waals surface area contributed by atoms with Gasteiger partial charge in [-0.05, 0) is 107 Å². The Balaban J connectivity index is -0.000000732. The molecular weight excluding hydrogens is 681 g/mol. The Morgan fingerprint density at radius 3 is 1.33 bits per heavy atom.